The van der Waals surface area contributed by atoms with E-state index >= 15 is 0 Å². The summed E-state index contributed by atoms with van der Waals surface area (Å²) in [4.78, 5) is 2.56. The molecule has 0 amide bonds. The molecule has 2 rings (SSSR count). The fraction of sp³-hybridized carbons (Fsp3) is 0.600. The summed E-state index contributed by atoms with van der Waals surface area (Å²) in [6, 6.07) is 5.05. The molecule has 0 saturated carbocycles. The lowest BCUT2D eigenvalue weighted by Crippen LogP contribution is -2.44. The highest BCUT2D eigenvalue weighted by Gasteiger charge is 2.25. The van der Waals surface area contributed by atoms with Gasteiger partial charge in [-0.15, -0.1) is 0 Å². The van der Waals surface area contributed by atoms with E-state index in [-0.39, 0.29) is 10.9 Å². The van der Waals surface area contributed by atoms with Crippen LogP contribution >= 0.6 is 0 Å². The molecule has 0 aromatic heterocycles. The zero-order valence-corrected chi connectivity index (χ0v) is 13.6. The monoisotopic (exact) mass is 311 g/mol. The van der Waals surface area contributed by atoms with Crippen molar-refractivity contribution in [3.63, 3.8) is 0 Å². The van der Waals surface area contributed by atoms with E-state index in [0.717, 1.165) is 44.5 Å². The number of benzene rings is 1. The van der Waals surface area contributed by atoms with Crippen LogP contribution in [-0.4, -0.2) is 39.0 Å². The van der Waals surface area contributed by atoms with Crippen molar-refractivity contribution >= 4 is 15.7 Å². The number of nitrogen functional groups attached to an aromatic ring is 1. The summed E-state index contributed by atoms with van der Waals surface area (Å²) in [5.74, 6) is 0. The van der Waals surface area contributed by atoms with Gasteiger partial charge in [-0.2, -0.15) is 0 Å². The van der Waals surface area contributed by atoms with Crippen LogP contribution < -0.4 is 10.5 Å². The number of nitrogens with two attached hydrogens (primary N) is 1. The fourth-order valence-electron chi connectivity index (χ4n) is 2.79. The first-order chi connectivity index (χ1) is 9.92. The highest BCUT2D eigenvalue weighted by atomic mass is 32.2. The lowest BCUT2D eigenvalue weighted by atomic mass is 10.1. The molecule has 1 heterocycles. The summed E-state index contributed by atoms with van der Waals surface area (Å²) in [5.41, 5.74) is 7.12. The van der Waals surface area contributed by atoms with E-state index in [4.69, 9.17) is 5.73 Å². The molecule has 0 unspecified atom stereocenters. The standard InChI is InChI=1S/C15H25N3O2S/c1-3-8-18-9-6-13(7-10-18)17-21(19,20)15-5-4-12(2)11-14(15)16/h4-5,11,13,17H,3,6-10,16H2,1-2H3. The van der Waals surface area contributed by atoms with Crippen molar-refractivity contribution in [2.24, 2.45) is 0 Å². The van der Waals surface area contributed by atoms with Gasteiger partial charge in [-0.1, -0.05) is 13.0 Å². The maximum absolute atomic E-state index is 12.4. The number of hydrogen-bond acceptors (Lipinski definition) is 4. The number of sulfonamides is 1. The largest absolute Gasteiger partial charge is 0.398 e. The van der Waals surface area contributed by atoms with E-state index in [1.54, 1.807) is 18.2 Å². The first-order valence-corrected chi connectivity index (χ1v) is 9.01. The maximum Gasteiger partial charge on any atom is 0.242 e. The van der Waals surface area contributed by atoms with Crippen LogP contribution in [0.5, 0.6) is 0 Å². The van der Waals surface area contributed by atoms with Gasteiger partial charge in [0.25, 0.3) is 0 Å². The van der Waals surface area contributed by atoms with Gasteiger partial charge >= 0.3 is 0 Å². The predicted molar refractivity (Wildman–Crippen MR) is 85.7 cm³/mol. The van der Waals surface area contributed by atoms with Crippen molar-refractivity contribution in [2.75, 3.05) is 25.4 Å². The van der Waals surface area contributed by atoms with E-state index < -0.39 is 10.0 Å². The van der Waals surface area contributed by atoms with Gasteiger partial charge in [0.15, 0.2) is 0 Å². The first-order valence-electron chi connectivity index (χ1n) is 7.53. The molecule has 21 heavy (non-hydrogen) atoms. The summed E-state index contributed by atoms with van der Waals surface area (Å²) in [6.07, 6.45) is 2.84. The van der Waals surface area contributed by atoms with Crippen LogP contribution in [0.3, 0.4) is 0 Å². The third-order valence-electron chi connectivity index (χ3n) is 3.90. The average Bonchev–Trinajstić information content (AvgIpc) is 2.40. The van der Waals surface area contributed by atoms with E-state index in [0.29, 0.717) is 5.69 Å². The Bertz CT molecular complexity index is 579. The molecule has 0 bridgehead atoms. The van der Waals surface area contributed by atoms with Crippen LogP contribution in [0, 0.1) is 6.92 Å². The minimum atomic E-state index is -3.53. The van der Waals surface area contributed by atoms with Crippen LogP contribution in [0.4, 0.5) is 5.69 Å². The topological polar surface area (TPSA) is 75.4 Å². The van der Waals surface area contributed by atoms with Gasteiger partial charge in [-0.05, 0) is 63.5 Å². The molecule has 1 fully saturated rings. The van der Waals surface area contributed by atoms with E-state index in [1.807, 2.05) is 6.92 Å². The van der Waals surface area contributed by atoms with Gasteiger partial charge in [0, 0.05) is 6.04 Å². The van der Waals surface area contributed by atoms with Gasteiger partial charge in [-0.25, -0.2) is 13.1 Å². The van der Waals surface area contributed by atoms with Gasteiger partial charge in [0.1, 0.15) is 4.90 Å². The van der Waals surface area contributed by atoms with E-state index in [2.05, 4.69) is 16.5 Å². The molecule has 0 atom stereocenters. The molecular formula is C15H25N3O2S. The number of rotatable bonds is 5. The Labute approximate surface area is 127 Å². The zero-order valence-electron chi connectivity index (χ0n) is 12.8. The van der Waals surface area contributed by atoms with Crippen molar-refractivity contribution in [3.8, 4) is 0 Å². The smallest absolute Gasteiger partial charge is 0.242 e. The molecule has 5 nitrogen and oxygen atoms in total. The van der Waals surface area contributed by atoms with Gasteiger partial charge in [0.05, 0.1) is 5.69 Å². The third-order valence-corrected chi connectivity index (χ3v) is 5.50. The molecule has 1 aromatic rings. The summed E-state index contributed by atoms with van der Waals surface area (Å²) in [6.45, 7) is 7.04. The minimum Gasteiger partial charge on any atom is -0.398 e. The normalized spacial score (nSPS) is 18.0. The number of hydrogen-bond donors (Lipinski definition) is 2. The molecule has 0 aliphatic carbocycles. The Morgan fingerprint density at radius 3 is 2.57 bits per heavy atom. The lowest BCUT2D eigenvalue weighted by Gasteiger charge is -2.31. The third kappa shape index (κ3) is 4.18. The Morgan fingerprint density at radius 2 is 2.00 bits per heavy atom. The molecular weight excluding hydrogens is 286 g/mol. The van der Waals surface area contributed by atoms with Crippen molar-refractivity contribution in [3.05, 3.63) is 23.8 Å². The van der Waals surface area contributed by atoms with Gasteiger partial charge in [0.2, 0.25) is 10.0 Å². The maximum atomic E-state index is 12.4. The molecule has 1 aromatic carbocycles. The van der Waals surface area contributed by atoms with E-state index in [9.17, 15) is 8.42 Å². The van der Waals surface area contributed by atoms with Crippen LogP contribution in [0.1, 0.15) is 31.7 Å². The molecule has 3 N–H and O–H groups in total. The second-order valence-electron chi connectivity index (χ2n) is 5.78. The SMILES string of the molecule is CCCN1CCC(NS(=O)(=O)c2ccc(C)cc2N)CC1. The van der Waals surface area contributed by atoms with Crippen LogP contribution in [0.25, 0.3) is 0 Å². The Kier molecular flexibility index (Phi) is 5.24. The molecule has 6 heteroatoms. The number of aryl methyl sites for hydroxylation is 1. The zero-order chi connectivity index (χ0) is 15.5. The minimum absolute atomic E-state index is 0.00353. The lowest BCUT2D eigenvalue weighted by molar-refractivity contribution is 0.208. The number of anilines is 1. The number of piperidine rings is 1. The van der Waals surface area contributed by atoms with Crippen molar-refractivity contribution in [2.45, 2.75) is 44.0 Å². The second-order valence-corrected chi connectivity index (χ2v) is 7.46. The highest BCUT2D eigenvalue weighted by Crippen LogP contribution is 2.21. The Morgan fingerprint density at radius 1 is 1.33 bits per heavy atom. The Balaban J connectivity index is 2.02. The summed E-state index contributed by atoms with van der Waals surface area (Å²) < 4.78 is 27.7. The number of likely N-dealkylation sites (tertiary alicyclic amines) is 1. The van der Waals surface area contributed by atoms with Crippen LogP contribution in [0.2, 0.25) is 0 Å². The summed E-state index contributed by atoms with van der Waals surface area (Å²) in [5, 5.41) is 0. The van der Waals surface area contributed by atoms with Crippen molar-refractivity contribution in [1.82, 2.24) is 9.62 Å². The predicted octanol–water partition coefficient (Wildman–Crippen LogP) is 1.73. The first kappa shape index (κ1) is 16.3. The van der Waals surface area contributed by atoms with Crippen LogP contribution in [-0.2, 0) is 10.0 Å². The highest BCUT2D eigenvalue weighted by molar-refractivity contribution is 7.89. The fourth-order valence-corrected chi connectivity index (χ4v) is 4.20. The molecule has 118 valence electrons. The number of nitrogens with zero attached hydrogens (tertiary/aromatic N) is 1. The molecule has 0 radical (unpaired) electrons. The number of nitrogens with one attached hydrogen (secondary N) is 1. The summed E-state index contributed by atoms with van der Waals surface area (Å²) >= 11 is 0. The molecule has 0 spiro atoms. The molecule has 1 aliphatic heterocycles. The molecule has 1 aliphatic rings. The van der Waals surface area contributed by atoms with Gasteiger partial charge < -0.3 is 10.6 Å². The second kappa shape index (κ2) is 6.77. The average molecular weight is 311 g/mol. The molecule has 1 saturated heterocycles. The Hall–Kier alpha value is -1.11. The van der Waals surface area contributed by atoms with Crippen molar-refractivity contribution in [1.29, 1.82) is 0 Å². The van der Waals surface area contributed by atoms with Crippen molar-refractivity contribution < 1.29 is 8.42 Å². The summed E-state index contributed by atoms with van der Waals surface area (Å²) in [7, 11) is -3.53. The van der Waals surface area contributed by atoms with Crippen LogP contribution in [0.15, 0.2) is 23.1 Å². The quantitative estimate of drug-likeness (QED) is 0.812. The van der Waals surface area contributed by atoms with Gasteiger partial charge in [-0.3, -0.25) is 0 Å². The van der Waals surface area contributed by atoms with E-state index in [1.165, 1.54) is 0 Å².